The van der Waals surface area contributed by atoms with Crippen molar-refractivity contribution >= 4 is 11.6 Å². The molecule has 0 aromatic carbocycles. The minimum Gasteiger partial charge on any atom is -0.328 e. The van der Waals surface area contributed by atoms with Crippen LogP contribution in [0, 0.1) is 56.2 Å². The van der Waals surface area contributed by atoms with Crippen molar-refractivity contribution in [2.24, 2.45) is 50.6 Å². The van der Waals surface area contributed by atoms with Crippen LogP contribution in [0.2, 0.25) is 0 Å². The first-order chi connectivity index (χ1) is 15.6. The lowest BCUT2D eigenvalue weighted by molar-refractivity contribution is -0.190. The number of carbonyl (C=O) groups is 2. The third kappa shape index (κ3) is 3.56. The molecule has 188 valence electrons. The number of nitrogens with zero attached hydrogens (tertiary/aromatic N) is 1. The minimum atomic E-state index is -0.584. The van der Waals surface area contributed by atoms with Gasteiger partial charge < -0.3 is 5.73 Å². The Labute approximate surface area is 207 Å². The van der Waals surface area contributed by atoms with Crippen molar-refractivity contribution < 1.29 is 9.59 Å². The van der Waals surface area contributed by atoms with E-state index in [1.165, 1.54) is 0 Å². The second kappa shape index (κ2) is 8.02. The summed E-state index contributed by atoms with van der Waals surface area (Å²) in [5.74, 6) is 0.723. The highest BCUT2D eigenvalue weighted by Crippen LogP contribution is 2.72. The number of hydrogen-bond donors (Lipinski definition) is 1. The molecule has 4 rings (SSSR count). The molecule has 2 N–H and O–H groups in total. The number of ketones is 2. The number of nitrogens with two attached hydrogens (primary N) is 1. The van der Waals surface area contributed by atoms with E-state index in [-0.39, 0.29) is 51.2 Å². The SMILES string of the molecule is CC1(C)CCC2C(=O)C[C@@H]3[C@@]4(C)C=C(C#N)C(=O)C(C)(C)[C@@H]4CC[C@@]3(C)[C@]2(C)CC[C@@H](N)CC1. The molecule has 3 fully saturated rings. The summed E-state index contributed by atoms with van der Waals surface area (Å²) in [7, 11) is 0. The molecule has 0 aliphatic heterocycles. The highest BCUT2D eigenvalue weighted by atomic mass is 16.1. The van der Waals surface area contributed by atoms with Gasteiger partial charge in [-0.2, -0.15) is 5.26 Å². The quantitative estimate of drug-likeness (QED) is 0.448. The van der Waals surface area contributed by atoms with Crippen molar-refractivity contribution in [3.8, 4) is 6.07 Å². The molecule has 3 saturated carbocycles. The molecule has 0 radical (unpaired) electrons. The van der Waals surface area contributed by atoms with Crippen LogP contribution in [-0.4, -0.2) is 17.6 Å². The highest BCUT2D eigenvalue weighted by Gasteiger charge is 2.68. The number of nitriles is 1. The lowest BCUT2D eigenvalue weighted by atomic mass is 9.35. The van der Waals surface area contributed by atoms with Gasteiger partial charge in [0, 0.05) is 23.8 Å². The summed E-state index contributed by atoms with van der Waals surface area (Å²) in [6.07, 6.45) is 10.7. The van der Waals surface area contributed by atoms with Gasteiger partial charge in [0.05, 0.1) is 5.57 Å². The molecule has 0 heterocycles. The summed E-state index contributed by atoms with van der Waals surface area (Å²) in [6, 6.07) is 2.39. The monoisotopic (exact) mass is 466 g/mol. The molecule has 0 saturated heterocycles. The van der Waals surface area contributed by atoms with Crippen LogP contribution in [0.3, 0.4) is 0 Å². The van der Waals surface area contributed by atoms with Crippen LogP contribution in [0.1, 0.15) is 106 Å². The van der Waals surface area contributed by atoms with Crippen molar-refractivity contribution in [2.45, 2.75) is 112 Å². The van der Waals surface area contributed by atoms with Crippen LogP contribution in [0.15, 0.2) is 11.6 Å². The first kappa shape index (κ1) is 25.6. The van der Waals surface area contributed by atoms with Crippen LogP contribution in [-0.2, 0) is 9.59 Å². The standard InChI is InChI=1S/C30H46N2O2/c1-26(2)12-8-20(32)9-14-29(6)21(10-13-26)22(33)16-24-28(5)17-19(18-31)25(34)27(3,4)23(28)11-15-30(24,29)7/h17,20-21,23-24H,8-16,32H2,1-7H3/t20-,21?,23-,24+,28-,29+,30+/m0/s1. The zero-order valence-electron chi connectivity index (χ0n) is 22.6. The summed E-state index contributed by atoms with van der Waals surface area (Å²) in [6.45, 7) is 15.8. The Morgan fingerprint density at radius 3 is 2.09 bits per heavy atom. The predicted molar refractivity (Wildman–Crippen MR) is 136 cm³/mol. The lowest BCUT2D eigenvalue weighted by Crippen LogP contribution is -2.65. The average Bonchev–Trinajstić information content (AvgIpc) is 2.75. The molecule has 34 heavy (non-hydrogen) atoms. The van der Waals surface area contributed by atoms with Gasteiger partial charge in [-0.25, -0.2) is 0 Å². The average molecular weight is 467 g/mol. The maximum Gasteiger partial charge on any atom is 0.178 e. The Morgan fingerprint density at radius 2 is 1.44 bits per heavy atom. The van der Waals surface area contributed by atoms with Crippen molar-refractivity contribution in [1.82, 2.24) is 0 Å². The van der Waals surface area contributed by atoms with Crippen molar-refractivity contribution in [1.29, 1.82) is 5.26 Å². The Morgan fingerprint density at radius 1 is 0.853 bits per heavy atom. The van der Waals surface area contributed by atoms with Gasteiger partial charge in [-0.3, -0.25) is 9.59 Å². The van der Waals surface area contributed by atoms with Gasteiger partial charge in [-0.1, -0.05) is 54.5 Å². The number of Topliss-reactive ketones (excluding diaryl/α,β-unsaturated/α-hetero) is 2. The Balaban J connectivity index is 1.83. The van der Waals surface area contributed by atoms with E-state index in [4.69, 9.17) is 5.73 Å². The molecule has 0 amide bonds. The van der Waals surface area contributed by atoms with Gasteiger partial charge in [0.15, 0.2) is 5.78 Å². The molecule has 4 aliphatic carbocycles. The molecular weight excluding hydrogens is 420 g/mol. The maximum atomic E-state index is 14.0. The maximum absolute atomic E-state index is 14.0. The molecular formula is C30H46N2O2. The Hall–Kier alpha value is -1.47. The number of allylic oxidation sites excluding steroid dienone is 2. The van der Waals surface area contributed by atoms with Crippen LogP contribution >= 0.6 is 0 Å². The number of carbonyl (C=O) groups excluding carboxylic acids is 2. The number of fused-ring (bicyclic) bond motifs is 5. The first-order valence-electron chi connectivity index (χ1n) is 13.6. The molecule has 0 bridgehead atoms. The molecule has 1 unspecified atom stereocenters. The van der Waals surface area contributed by atoms with E-state index in [0.717, 1.165) is 51.4 Å². The predicted octanol–water partition coefficient (Wildman–Crippen LogP) is 6.39. The van der Waals surface area contributed by atoms with E-state index in [2.05, 4.69) is 40.7 Å². The van der Waals surface area contributed by atoms with Crippen molar-refractivity contribution in [2.75, 3.05) is 0 Å². The van der Waals surface area contributed by atoms with E-state index in [1.807, 2.05) is 19.9 Å². The zero-order chi connectivity index (χ0) is 25.3. The van der Waals surface area contributed by atoms with E-state index in [1.54, 1.807) is 0 Å². The Bertz CT molecular complexity index is 955. The van der Waals surface area contributed by atoms with Crippen molar-refractivity contribution in [3.05, 3.63) is 11.6 Å². The second-order valence-electron chi connectivity index (χ2n) is 14.3. The van der Waals surface area contributed by atoms with Crippen molar-refractivity contribution in [3.63, 3.8) is 0 Å². The van der Waals surface area contributed by atoms with Gasteiger partial charge in [-0.15, -0.1) is 0 Å². The smallest absolute Gasteiger partial charge is 0.178 e. The minimum absolute atomic E-state index is 0.0285. The fourth-order valence-electron chi connectivity index (χ4n) is 9.19. The molecule has 0 aromatic heterocycles. The van der Waals surface area contributed by atoms with Gasteiger partial charge >= 0.3 is 0 Å². The number of hydrogen-bond acceptors (Lipinski definition) is 4. The number of rotatable bonds is 0. The van der Waals surface area contributed by atoms with Crippen LogP contribution in [0.25, 0.3) is 0 Å². The van der Waals surface area contributed by atoms with E-state index >= 15 is 0 Å². The first-order valence-corrected chi connectivity index (χ1v) is 13.6. The van der Waals surface area contributed by atoms with E-state index in [0.29, 0.717) is 17.8 Å². The molecule has 4 aliphatic rings. The lowest BCUT2D eigenvalue weighted by Gasteiger charge is -2.68. The molecule has 4 heteroatoms. The van der Waals surface area contributed by atoms with Crippen LogP contribution in [0.5, 0.6) is 0 Å². The molecule has 0 spiro atoms. The summed E-state index contributed by atoms with van der Waals surface area (Å²) < 4.78 is 0. The Kier molecular flexibility index (Phi) is 6.04. The van der Waals surface area contributed by atoms with Gasteiger partial charge in [-0.05, 0) is 84.9 Å². The van der Waals surface area contributed by atoms with E-state index < -0.39 is 5.41 Å². The van der Waals surface area contributed by atoms with Crippen LogP contribution in [0.4, 0.5) is 0 Å². The summed E-state index contributed by atoms with van der Waals surface area (Å²) in [5, 5.41) is 9.83. The summed E-state index contributed by atoms with van der Waals surface area (Å²) in [5.41, 5.74) is 6.04. The summed E-state index contributed by atoms with van der Waals surface area (Å²) in [4.78, 5) is 27.1. The zero-order valence-corrected chi connectivity index (χ0v) is 22.6. The fraction of sp³-hybridized carbons (Fsp3) is 0.833. The fourth-order valence-corrected chi connectivity index (χ4v) is 9.19. The molecule has 0 aromatic rings. The molecule has 7 atom stereocenters. The normalized spacial score (nSPS) is 46.3. The van der Waals surface area contributed by atoms with Gasteiger partial charge in [0.25, 0.3) is 0 Å². The third-order valence-electron chi connectivity index (χ3n) is 11.7. The van der Waals surface area contributed by atoms with E-state index in [9.17, 15) is 14.9 Å². The third-order valence-corrected chi connectivity index (χ3v) is 11.7. The highest BCUT2D eigenvalue weighted by molar-refractivity contribution is 6.04. The summed E-state index contributed by atoms with van der Waals surface area (Å²) >= 11 is 0. The second-order valence-corrected chi connectivity index (χ2v) is 14.3. The molecule has 4 nitrogen and oxygen atoms in total. The van der Waals surface area contributed by atoms with Crippen LogP contribution < -0.4 is 5.73 Å². The largest absolute Gasteiger partial charge is 0.328 e. The van der Waals surface area contributed by atoms with Gasteiger partial charge in [0.2, 0.25) is 0 Å². The van der Waals surface area contributed by atoms with Gasteiger partial charge in [0.1, 0.15) is 11.9 Å². The topological polar surface area (TPSA) is 84.0 Å².